The Balaban J connectivity index is 2.02. The van der Waals surface area contributed by atoms with Crippen molar-refractivity contribution in [2.75, 3.05) is 0 Å². The van der Waals surface area contributed by atoms with E-state index < -0.39 is 0 Å². The number of fused-ring (bicyclic) bond motifs is 2. The van der Waals surface area contributed by atoms with Crippen molar-refractivity contribution in [2.24, 2.45) is 5.73 Å². The van der Waals surface area contributed by atoms with Crippen molar-refractivity contribution in [3.63, 3.8) is 0 Å². The lowest BCUT2D eigenvalue weighted by Crippen LogP contribution is -2.18. The fourth-order valence-electron chi connectivity index (χ4n) is 3.57. The van der Waals surface area contributed by atoms with Crippen LogP contribution in [0.5, 0.6) is 0 Å². The zero-order chi connectivity index (χ0) is 14.4. The molecular formula is C18H19N3. The van der Waals surface area contributed by atoms with Crippen LogP contribution in [0.2, 0.25) is 0 Å². The van der Waals surface area contributed by atoms with Gasteiger partial charge in [-0.25, -0.2) is 0 Å². The summed E-state index contributed by atoms with van der Waals surface area (Å²) in [5.74, 6) is 0. The smallest absolute Gasteiger partial charge is 0.0534 e. The Morgan fingerprint density at radius 2 is 2.19 bits per heavy atom. The lowest BCUT2D eigenvalue weighted by atomic mass is 9.93. The van der Waals surface area contributed by atoms with Crippen LogP contribution in [0.4, 0.5) is 0 Å². The molecule has 1 aliphatic carbocycles. The number of nitrogens with zero attached hydrogens (tertiary/aromatic N) is 2. The van der Waals surface area contributed by atoms with Crippen molar-refractivity contribution < 1.29 is 0 Å². The summed E-state index contributed by atoms with van der Waals surface area (Å²) in [5, 5.41) is 2.42. The van der Waals surface area contributed by atoms with E-state index in [9.17, 15) is 0 Å². The van der Waals surface area contributed by atoms with E-state index in [1.54, 1.807) is 0 Å². The number of hydrogen-bond donors (Lipinski definition) is 1. The molecule has 1 aliphatic rings. The summed E-state index contributed by atoms with van der Waals surface area (Å²) < 4.78 is 2.39. The largest absolute Gasteiger partial charge is 0.324 e. The van der Waals surface area contributed by atoms with Crippen LogP contribution in [0.3, 0.4) is 0 Å². The van der Waals surface area contributed by atoms with Gasteiger partial charge in [-0.2, -0.15) is 0 Å². The molecule has 21 heavy (non-hydrogen) atoms. The number of aryl methyl sites for hydroxylation is 1. The molecule has 106 valence electrons. The second-order valence-corrected chi connectivity index (χ2v) is 5.90. The van der Waals surface area contributed by atoms with Crippen molar-refractivity contribution in [2.45, 2.75) is 32.2 Å². The van der Waals surface area contributed by atoms with Gasteiger partial charge >= 0.3 is 0 Å². The second kappa shape index (κ2) is 4.71. The van der Waals surface area contributed by atoms with E-state index >= 15 is 0 Å². The van der Waals surface area contributed by atoms with Crippen molar-refractivity contribution in [3.05, 3.63) is 59.7 Å². The Morgan fingerprint density at radius 1 is 1.29 bits per heavy atom. The standard InChI is InChI=1S/C18H19N3/c1-12-10-15-16(19)5-3-7-18(15)21(12)17-6-2-4-13-11-20-9-8-14(13)17/h2,4,6,8-11,16H,3,5,7,19H2,1H3. The van der Waals surface area contributed by atoms with E-state index in [1.165, 1.54) is 39.8 Å². The summed E-state index contributed by atoms with van der Waals surface area (Å²) in [6.45, 7) is 2.17. The molecule has 2 N–H and O–H groups in total. The van der Waals surface area contributed by atoms with E-state index in [-0.39, 0.29) is 6.04 Å². The number of rotatable bonds is 1. The first-order chi connectivity index (χ1) is 10.3. The van der Waals surface area contributed by atoms with Crippen LogP contribution in [-0.4, -0.2) is 9.55 Å². The monoisotopic (exact) mass is 277 g/mol. The number of hydrogen-bond acceptors (Lipinski definition) is 2. The second-order valence-electron chi connectivity index (χ2n) is 5.90. The summed E-state index contributed by atoms with van der Waals surface area (Å²) in [5.41, 5.74) is 11.5. The molecule has 3 nitrogen and oxygen atoms in total. The van der Waals surface area contributed by atoms with E-state index in [0.717, 1.165) is 12.8 Å². The van der Waals surface area contributed by atoms with E-state index in [2.05, 4.69) is 46.8 Å². The van der Waals surface area contributed by atoms with Crippen molar-refractivity contribution >= 4 is 10.8 Å². The Labute approximate surface area is 124 Å². The number of nitrogens with two attached hydrogens (primary N) is 1. The van der Waals surface area contributed by atoms with Crippen LogP contribution in [0.15, 0.2) is 42.7 Å². The molecule has 0 amide bonds. The molecule has 0 bridgehead atoms. The highest BCUT2D eigenvalue weighted by Gasteiger charge is 2.23. The molecule has 0 spiro atoms. The predicted octanol–water partition coefficient (Wildman–Crippen LogP) is 3.67. The van der Waals surface area contributed by atoms with Gasteiger partial charge in [-0.1, -0.05) is 12.1 Å². The summed E-state index contributed by atoms with van der Waals surface area (Å²) in [6.07, 6.45) is 7.16. The quantitative estimate of drug-likeness (QED) is 0.737. The maximum atomic E-state index is 6.30. The van der Waals surface area contributed by atoms with E-state index in [4.69, 9.17) is 5.73 Å². The zero-order valence-corrected chi connectivity index (χ0v) is 12.2. The molecule has 2 heterocycles. The molecule has 1 atom stereocenters. The van der Waals surface area contributed by atoms with Crippen molar-refractivity contribution in [3.8, 4) is 5.69 Å². The molecule has 2 aromatic heterocycles. The third-order valence-electron chi connectivity index (χ3n) is 4.55. The van der Waals surface area contributed by atoms with Crippen molar-refractivity contribution in [1.82, 2.24) is 9.55 Å². The highest BCUT2D eigenvalue weighted by Crippen LogP contribution is 2.34. The lowest BCUT2D eigenvalue weighted by Gasteiger charge is -2.22. The van der Waals surface area contributed by atoms with Gasteiger partial charge in [0, 0.05) is 40.6 Å². The first kappa shape index (κ1) is 12.6. The molecule has 1 unspecified atom stereocenters. The minimum absolute atomic E-state index is 0.186. The fraction of sp³-hybridized carbons (Fsp3) is 0.278. The van der Waals surface area contributed by atoms with Gasteiger partial charge in [0.15, 0.2) is 0 Å². The predicted molar refractivity (Wildman–Crippen MR) is 85.7 cm³/mol. The van der Waals surface area contributed by atoms with Crippen molar-refractivity contribution in [1.29, 1.82) is 0 Å². The molecule has 0 radical (unpaired) electrons. The summed E-state index contributed by atoms with van der Waals surface area (Å²) in [7, 11) is 0. The Morgan fingerprint density at radius 3 is 3.10 bits per heavy atom. The summed E-state index contributed by atoms with van der Waals surface area (Å²) in [4.78, 5) is 4.23. The topological polar surface area (TPSA) is 43.8 Å². The average Bonchev–Trinajstić information content (AvgIpc) is 2.84. The van der Waals surface area contributed by atoms with Gasteiger partial charge in [-0.15, -0.1) is 0 Å². The molecule has 0 fully saturated rings. The van der Waals surface area contributed by atoms with Gasteiger partial charge in [0.1, 0.15) is 0 Å². The first-order valence-corrected chi connectivity index (χ1v) is 7.55. The number of benzene rings is 1. The molecule has 3 aromatic rings. The molecule has 4 rings (SSSR count). The number of aromatic nitrogens is 2. The van der Waals surface area contributed by atoms with Gasteiger partial charge in [0.25, 0.3) is 0 Å². The third-order valence-corrected chi connectivity index (χ3v) is 4.55. The third kappa shape index (κ3) is 1.88. The normalized spacial score (nSPS) is 17.9. The Hall–Kier alpha value is -2.13. The molecule has 3 heteroatoms. The number of pyridine rings is 1. The van der Waals surface area contributed by atoms with Crippen LogP contribution in [0, 0.1) is 6.92 Å². The molecule has 0 saturated heterocycles. The Bertz CT molecular complexity index is 811. The molecular weight excluding hydrogens is 258 g/mol. The maximum absolute atomic E-state index is 6.30. The van der Waals surface area contributed by atoms with Gasteiger partial charge in [-0.05, 0) is 49.9 Å². The summed E-state index contributed by atoms with van der Waals surface area (Å²) >= 11 is 0. The van der Waals surface area contributed by atoms with E-state index in [0.29, 0.717) is 0 Å². The minimum Gasteiger partial charge on any atom is -0.324 e. The highest BCUT2D eigenvalue weighted by atomic mass is 15.0. The highest BCUT2D eigenvalue weighted by molar-refractivity contribution is 5.89. The van der Waals surface area contributed by atoms with Gasteiger partial charge in [-0.3, -0.25) is 4.98 Å². The van der Waals surface area contributed by atoms with E-state index in [1.807, 2.05) is 12.4 Å². The SMILES string of the molecule is Cc1cc2c(n1-c1cccc3cnccc13)CCCC2N. The van der Waals surface area contributed by atoms with Crippen LogP contribution >= 0.6 is 0 Å². The van der Waals surface area contributed by atoms with Crippen LogP contribution < -0.4 is 5.73 Å². The first-order valence-electron chi connectivity index (χ1n) is 7.55. The molecule has 0 saturated carbocycles. The van der Waals surface area contributed by atoms with Gasteiger partial charge in [0.2, 0.25) is 0 Å². The fourth-order valence-corrected chi connectivity index (χ4v) is 3.57. The minimum atomic E-state index is 0.186. The van der Waals surface area contributed by atoms with Crippen LogP contribution in [0.1, 0.15) is 35.8 Å². The van der Waals surface area contributed by atoms with Gasteiger partial charge < -0.3 is 10.3 Å². The maximum Gasteiger partial charge on any atom is 0.0534 e. The van der Waals surface area contributed by atoms with Crippen LogP contribution in [-0.2, 0) is 6.42 Å². The average molecular weight is 277 g/mol. The van der Waals surface area contributed by atoms with Gasteiger partial charge in [0.05, 0.1) is 5.69 Å². The Kier molecular flexibility index (Phi) is 2.82. The van der Waals surface area contributed by atoms with Crippen LogP contribution in [0.25, 0.3) is 16.5 Å². The lowest BCUT2D eigenvalue weighted by molar-refractivity contribution is 0.560. The molecule has 0 aliphatic heterocycles. The summed E-state index contributed by atoms with van der Waals surface area (Å²) in [6, 6.07) is 11.0. The molecule has 1 aromatic carbocycles. The zero-order valence-electron chi connectivity index (χ0n) is 12.2.